The molecule has 168 valence electrons. The van der Waals surface area contributed by atoms with Gasteiger partial charge >= 0.3 is 0 Å². The molecule has 2 atom stereocenters. The normalized spacial score (nSPS) is 19.5. The minimum absolute atomic E-state index is 0.177. The van der Waals surface area contributed by atoms with Crippen LogP contribution in [0.3, 0.4) is 0 Å². The van der Waals surface area contributed by atoms with Gasteiger partial charge in [0.2, 0.25) is 5.91 Å². The van der Waals surface area contributed by atoms with Crippen molar-refractivity contribution < 1.29 is 4.79 Å². The summed E-state index contributed by atoms with van der Waals surface area (Å²) in [6.45, 7) is 7.51. The third-order valence-electron chi connectivity index (χ3n) is 6.65. The fraction of sp³-hybridized carbons (Fsp3) is 0.565. The number of nitrogens with one attached hydrogen (secondary N) is 1. The molecule has 0 radical (unpaired) electrons. The zero-order valence-corrected chi connectivity index (χ0v) is 19.0. The van der Waals surface area contributed by atoms with Crippen LogP contribution in [0.2, 0.25) is 0 Å². The lowest BCUT2D eigenvalue weighted by atomic mass is 10.1. The fourth-order valence-corrected chi connectivity index (χ4v) is 4.81. The maximum Gasteiger partial charge on any atom is 0.245 e. The van der Waals surface area contributed by atoms with E-state index in [-0.39, 0.29) is 11.9 Å². The van der Waals surface area contributed by atoms with Gasteiger partial charge < -0.3 is 14.8 Å². The SMILES string of the molecule is CC[C@@H](Nc1ncnc2c1nc(-c1cnc(C)nc1)n2CC)C(=O)N1CCCC1C1CC1. The number of hydrogen-bond acceptors (Lipinski definition) is 7. The number of carbonyl (C=O) groups is 1. The quantitative estimate of drug-likeness (QED) is 0.609. The molecule has 4 heterocycles. The Hall–Kier alpha value is -3.10. The predicted octanol–water partition coefficient (Wildman–Crippen LogP) is 3.20. The number of nitrogens with zero attached hydrogens (tertiary/aromatic N) is 7. The summed E-state index contributed by atoms with van der Waals surface area (Å²) in [6, 6.07) is 0.0848. The second-order valence-corrected chi connectivity index (χ2v) is 8.78. The Balaban J connectivity index is 1.47. The van der Waals surface area contributed by atoms with Gasteiger partial charge in [-0.3, -0.25) is 4.79 Å². The zero-order valence-electron chi connectivity index (χ0n) is 19.0. The Morgan fingerprint density at radius 3 is 2.62 bits per heavy atom. The van der Waals surface area contributed by atoms with Gasteiger partial charge in [-0.05, 0) is 51.9 Å². The van der Waals surface area contributed by atoms with Crippen molar-refractivity contribution in [3.05, 3.63) is 24.5 Å². The first-order valence-corrected chi connectivity index (χ1v) is 11.7. The fourth-order valence-electron chi connectivity index (χ4n) is 4.81. The molecule has 1 saturated carbocycles. The maximum absolute atomic E-state index is 13.4. The molecule has 1 unspecified atom stereocenters. The number of amides is 1. The molecule has 1 aliphatic heterocycles. The molecule has 2 fully saturated rings. The maximum atomic E-state index is 13.4. The van der Waals surface area contributed by atoms with E-state index in [4.69, 9.17) is 4.98 Å². The Labute approximate surface area is 187 Å². The monoisotopic (exact) mass is 434 g/mol. The van der Waals surface area contributed by atoms with Crippen LogP contribution in [-0.4, -0.2) is 58.9 Å². The minimum atomic E-state index is -0.328. The van der Waals surface area contributed by atoms with Gasteiger partial charge in [-0.15, -0.1) is 0 Å². The molecule has 1 amide bonds. The van der Waals surface area contributed by atoms with Crippen LogP contribution in [0.1, 0.15) is 51.8 Å². The molecule has 9 heteroatoms. The molecule has 3 aromatic rings. The summed E-state index contributed by atoms with van der Waals surface area (Å²) in [7, 11) is 0. The molecule has 9 nitrogen and oxygen atoms in total. The largest absolute Gasteiger partial charge is 0.356 e. The number of rotatable bonds is 7. The first-order valence-electron chi connectivity index (χ1n) is 11.7. The summed E-state index contributed by atoms with van der Waals surface area (Å²) in [5, 5.41) is 3.40. The van der Waals surface area contributed by atoms with Crippen molar-refractivity contribution in [2.24, 2.45) is 5.92 Å². The van der Waals surface area contributed by atoms with Gasteiger partial charge in [0, 0.05) is 31.5 Å². The van der Waals surface area contributed by atoms with E-state index in [1.54, 1.807) is 12.4 Å². The van der Waals surface area contributed by atoms with Crippen molar-refractivity contribution in [1.29, 1.82) is 0 Å². The average molecular weight is 435 g/mol. The molecular formula is C23H30N8O. The highest BCUT2D eigenvalue weighted by atomic mass is 16.2. The van der Waals surface area contributed by atoms with Crippen LogP contribution in [0.15, 0.2) is 18.7 Å². The van der Waals surface area contributed by atoms with E-state index in [0.29, 0.717) is 42.1 Å². The third kappa shape index (κ3) is 3.69. The van der Waals surface area contributed by atoms with Gasteiger partial charge in [0.15, 0.2) is 17.0 Å². The Morgan fingerprint density at radius 1 is 1.16 bits per heavy atom. The number of imidazole rings is 1. The number of likely N-dealkylation sites (tertiary alicyclic amines) is 1. The highest BCUT2D eigenvalue weighted by Gasteiger charge is 2.41. The molecule has 5 rings (SSSR count). The molecule has 32 heavy (non-hydrogen) atoms. The minimum Gasteiger partial charge on any atom is -0.356 e. The van der Waals surface area contributed by atoms with Crippen molar-refractivity contribution in [3.63, 3.8) is 0 Å². The summed E-state index contributed by atoms with van der Waals surface area (Å²) in [4.78, 5) is 38.0. The summed E-state index contributed by atoms with van der Waals surface area (Å²) in [6.07, 6.45) is 10.5. The van der Waals surface area contributed by atoms with Crippen LogP contribution in [-0.2, 0) is 11.3 Å². The van der Waals surface area contributed by atoms with Gasteiger partial charge in [-0.1, -0.05) is 6.92 Å². The van der Waals surface area contributed by atoms with Crippen molar-refractivity contribution in [1.82, 2.24) is 34.4 Å². The molecule has 3 aromatic heterocycles. The number of fused-ring (bicyclic) bond motifs is 1. The van der Waals surface area contributed by atoms with Gasteiger partial charge in [0.05, 0.1) is 5.56 Å². The highest BCUT2D eigenvalue weighted by Crippen LogP contribution is 2.40. The lowest BCUT2D eigenvalue weighted by Crippen LogP contribution is -2.45. The molecule has 1 N–H and O–H groups in total. The van der Waals surface area contributed by atoms with Gasteiger partial charge in [-0.25, -0.2) is 24.9 Å². The second kappa shape index (κ2) is 8.44. The second-order valence-electron chi connectivity index (χ2n) is 8.78. The van der Waals surface area contributed by atoms with E-state index < -0.39 is 0 Å². The van der Waals surface area contributed by atoms with E-state index in [9.17, 15) is 4.79 Å². The third-order valence-corrected chi connectivity index (χ3v) is 6.65. The smallest absolute Gasteiger partial charge is 0.245 e. The van der Waals surface area contributed by atoms with Crippen molar-refractivity contribution in [3.8, 4) is 11.4 Å². The van der Waals surface area contributed by atoms with E-state index in [1.165, 1.54) is 19.2 Å². The van der Waals surface area contributed by atoms with E-state index in [0.717, 1.165) is 36.4 Å². The van der Waals surface area contributed by atoms with E-state index in [1.807, 2.05) is 18.4 Å². The van der Waals surface area contributed by atoms with Crippen LogP contribution < -0.4 is 5.32 Å². The van der Waals surface area contributed by atoms with E-state index >= 15 is 0 Å². The summed E-state index contributed by atoms with van der Waals surface area (Å²) in [5.41, 5.74) is 2.23. The molecule has 2 aliphatic rings. The van der Waals surface area contributed by atoms with Gasteiger partial charge in [0.25, 0.3) is 0 Å². The topological polar surface area (TPSA) is 102 Å². The Morgan fingerprint density at radius 2 is 1.94 bits per heavy atom. The molecule has 0 bridgehead atoms. The number of carbonyl (C=O) groups excluding carboxylic acids is 1. The van der Waals surface area contributed by atoms with Crippen LogP contribution in [0, 0.1) is 12.8 Å². The lowest BCUT2D eigenvalue weighted by Gasteiger charge is -2.29. The van der Waals surface area contributed by atoms with Crippen LogP contribution >= 0.6 is 0 Å². The predicted molar refractivity (Wildman–Crippen MR) is 122 cm³/mol. The zero-order chi connectivity index (χ0) is 22.2. The first-order chi connectivity index (χ1) is 15.6. The molecule has 1 saturated heterocycles. The van der Waals surface area contributed by atoms with Crippen molar-refractivity contribution in [2.45, 2.75) is 71.5 Å². The number of hydrogen-bond donors (Lipinski definition) is 1. The van der Waals surface area contributed by atoms with Crippen LogP contribution in [0.25, 0.3) is 22.6 Å². The van der Waals surface area contributed by atoms with E-state index in [2.05, 4.69) is 37.1 Å². The molecule has 1 aliphatic carbocycles. The van der Waals surface area contributed by atoms with Crippen LogP contribution in [0.4, 0.5) is 5.82 Å². The summed E-state index contributed by atoms with van der Waals surface area (Å²) < 4.78 is 2.03. The van der Waals surface area contributed by atoms with Crippen molar-refractivity contribution >= 4 is 22.9 Å². The lowest BCUT2D eigenvalue weighted by molar-refractivity contribution is -0.133. The van der Waals surface area contributed by atoms with Gasteiger partial charge in [-0.2, -0.15) is 0 Å². The van der Waals surface area contributed by atoms with Crippen molar-refractivity contribution in [2.75, 3.05) is 11.9 Å². The Kier molecular flexibility index (Phi) is 5.48. The number of aryl methyl sites for hydroxylation is 2. The molecule has 0 aromatic carbocycles. The summed E-state index contributed by atoms with van der Waals surface area (Å²) >= 11 is 0. The highest BCUT2D eigenvalue weighted by molar-refractivity contribution is 5.90. The average Bonchev–Trinajstić information content (AvgIpc) is 3.40. The first kappa shape index (κ1) is 20.8. The summed E-state index contributed by atoms with van der Waals surface area (Å²) in [5.74, 6) is 2.93. The molecule has 0 spiro atoms. The number of aromatic nitrogens is 6. The molecular weight excluding hydrogens is 404 g/mol. The number of anilines is 1. The Bertz CT molecular complexity index is 1120. The van der Waals surface area contributed by atoms with Gasteiger partial charge in [0.1, 0.15) is 24.0 Å². The standard InChI is InChI=1S/C23H30N8O/c1-4-17(23(32)31-10-6-7-18(31)15-8-9-15)28-20-19-22(27-13-26-20)30(5-2)21(29-19)16-11-24-14(3)25-12-16/h11-13,15,17-18H,4-10H2,1-3H3,(H,26,27,28)/t17-,18?/m1/s1. The van der Waals surface area contributed by atoms with Crippen LogP contribution in [0.5, 0.6) is 0 Å².